The lowest BCUT2D eigenvalue weighted by Crippen LogP contribution is -2.12. The van der Waals surface area contributed by atoms with E-state index in [-0.39, 0.29) is 0 Å². The van der Waals surface area contributed by atoms with Crippen molar-refractivity contribution in [2.75, 3.05) is 6.61 Å². The highest BCUT2D eigenvalue weighted by Crippen LogP contribution is 2.17. The average molecular weight is 265 g/mol. The molecule has 2 N–H and O–H groups in total. The second kappa shape index (κ2) is 8.09. The summed E-state index contributed by atoms with van der Waals surface area (Å²) < 4.78 is 5.81. The van der Waals surface area contributed by atoms with Gasteiger partial charge in [-0.15, -0.1) is 0 Å². The van der Waals surface area contributed by atoms with Crippen molar-refractivity contribution < 1.29 is 4.74 Å². The van der Waals surface area contributed by atoms with Crippen LogP contribution in [0.5, 0.6) is 5.75 Å². The number of hydrogen-bond acceptors (Lipinski definition) is 2. The van der Waals surface area contributed by atoms with Crippen molar-refractivity contribution in [1.82, 2.24) is 0 Å². The summed E-state index contributed by atoms with van der Waals surface area (Å²) in [6, 6.07) is 7.68. The Labute approximate surface area is 116 Å². The maximum atomic E-state index is 5.81. The van der Waals surface area contributed by atoms with Crippen LogP contribution in [0.25, 0.3) is 0 Å². The van der Waals surface area contributed by atoms with Crippen LogP contribution in [0.1, 0.15) is 45.1 Å². The standard InChI is InChI=1S/C15H23NOS/c1-3-5-6-12(4-2)11-17-14-9-7-13(8-10-14)15(16)18/h7-10,12H,3-6,11H2,1-2H3,(H2,16,18). The van der Waals surface area contributed by atoms with E-state index in [1.807, 2.05) is 24.3 Å². The number of thiocarbonyl (C=S) groups is 1. The van der Waals surface area contributed by atoms with Gasteiger partial charge in [0.25, 0.3) is 0 Å². The van der Waals surface area contributed by atoms with Crippen LogP contribution < -0.4 is 10.5 Å². The minimum absolute atomic E-state index is 0.427. The number of nitrogens with two attached hydrogens (primary N) is 1. The molecular formula is C15H23NOS. The van der Waals surface area contributed by atoms with E-state index in [0.29, 0.717) is 10.9 Å². The molecule has 0 aliphatic heterocycles. The fourth-order valence-corrected chi connectivity index (χ4v) is 1.96. The first-order valence-electron chi connectivity index (χ1n) is 6.70. The molecule has 0 aliphatic carbocycles. The van der Waals surface area contributed by atoms with Crippen molar-refractivity contribution >= 4 is 17.2 Å². The highest BCUT2D eigenvalue weighted by atomic mass is 32.1. The van der Waals surface area contributed by atoms with Crippen LogP contribution in [0, 0.1) is 5.92 Å². The Morgan fingerprint density at radius 1 is 1.28 bits per heavy atom. The number of rotatable bonds is 8. The molecule has 0 fully saturated rings. The number of ether oxygens (including phenoxy) is 1. The molecule has 0 amide bonds. The molecule has 3 heteroatoms. The SMILES string of the molecule is CCCCC(CC)COc1ccc(C(N)=S)cc1. The molecule has 1 atom stereocenters. The van der Waals surface area contributed by atoms with Crippen molar-refractivity contribution in [3.63, 3.8) is 0 Å². The largest absolute Gasteiger partial charge is 0.493 e. The van der Waals surface area contributed by atoms with Gasteiger partial charge in [0.2, 0.25) is 0 Å². The molecule has 1 unspecified atom stereocenters. The fraction of sp³-hybridized carbons (Fsp3) is 0.533. The van der Waals surface area contributed by atoms with Crippen LogP contribution in [0.2, 0.25) is 0 Å². The van der Waals surface area contributed by atoms with E-state index < -0.39 is 0 Å². The molecule has 0 spiro atoms. The molecule has 1 rings (SSSR count). The molecule has 0 aliphatic rings. The summed E-state index contributed by atoms with van der Waals surface area (Å²) >= 11 is 4.92. The summed E-state index contributed by atoms with van der Waals surface area (Å²) in [5.41, 5.74) is 6.44. The average Bonchev–Trinajstić information content (AvgIpc) is 2.39. The van der Waals surface area contributed by atoms with E-state index in [1.165, 1.54) is 25.7 Å². The molecule has 0 heterocycles. The van der Waals surface area contributed by atoms with E-state index in [0.717, 1.165) is 17.9 Å². The molecule has 0 saturated carbocycles. The monoisotopic (exact) mass is 265 g/mol. The van der Waals surface area contributed by atoms with E-state index in [9.17, 15) is 0 Å². The van der Waals surface area contributed by atoms with Gasteiger partial charge >= 0.3 is 0 Å². The van der Waals surface area contributed by atoms with Gasteiger partial charge in [-0.05, 0) is 36.6 Å². The third-order valence-electron chi connectivity index (χ3n) is 3.17. The normalized spacial score (nSPS) is 12.1. The highest BCUT2D eigenvalue weighted by molar-refractivity contribution is 7.80. The Hall–Kier alpha value is -1.09. The molecule has 0 bridgehead atoms. The minimum atomic E-state index is 0.427. The van der Waals surface area contributed by atoms with Gasteiger partial charge in [0.15, 0.2) is 0 Å². The van der Waals surface area contributed by atoms with Gasteiger partial charge < -0.3 is 10.5 Å². The fourth-order valence-electron chi connectivity index (χ4n) is 1.83. The lowest BCUT2D eigenvalue weighted by atomic mass is 10.0. The summed E-state index contributed by atoms with van der Waals surface area (Å²) in [6.45, 7) is 5.24. The van der Waals surface area contributed by atoms with Crippen molar-refractivity contribution in [1.29, 1.82) is 0 Å². The molecule has 18 heavy (non-hydrogen) atoms. The van der Waals surface area contributed by atoms with Crippen molar-refractivity contribution in [2.45, 2.75) is 39.5 Å². The van der Waals surface area contributed by atoms with Gasteiger partial charge in [-0.1, -0.05) is 45.3 Å². The quantitative estimate of drug-likeness (QED) is 0.724. The first-order valence-corrected chi connectivity index (χ1v) is 7.10. The maximum Gasteiger partial charge on any atom is 0.119 e. The number of benzene rings is 1. The molecule has 0 saturated heterocycles. The lowest BCUT2D eigenvalue weighted by molar-refractivity contribution is 0.233. The molecule has 1 aromatic rings. The van der Waals surface area contributed by atoms with Gasteiger partial charge in [-0.2, -0.15) is 0 Å². The van der Waals surface area contributed by atoms with Gasteiger partial charge in [0.1, 0.15) is 10.7 Å². The van der Waals surface area contributed by atoms with Crippen LogP contribution in [-0.2, 0) is 0 Å². The first kappa shape index (κ1) is 15.0. The Kier molecular flexibility index (Phi) is 6.73. The van der Waals surface area contributed by atoms with Crippen molar-refractivity contribution in [3.05, 3.63) is 29.8 Å². The number of hydrogen-bond donors (Lipinski definition) is 1. The maximum absolute atomic E-state index is 5.81. The van der Waals surface area contributed by atoms with Gasteiger partial charge in [-0.25, -0.2) is 0 Å². The van der Waals surface area contributed by atoms with E-state index >= 15 is 0 Å². The second-order valence-corrected chi connectivity index (χ2v) is 5.06. The third-order valence-corrected chi connectivity index (χ3v) is 3.40. The van der Waals surface area contributed by atoms with Gasteiger partial charge in [0, 0.05) is 5.56 Å². The molecule has 2 nitrogen and oxygen atoms in total. The smallest absolute Gasteiger partial charge is 0.119 e. The Balaban J connectivity index is 2.44. The molecular weight excluding hydrogens is 242 g/mol. The Morgan fingerprint density at radius 2 is 1.94 bits per heavy atom. The molecule has 0 aromatic heterocycles. The summed E-state index contributed by atoms with van der Waals surface area (Å²) in [4.78, 5) is 0.427. The lowest BCUT2D eigenvalue weighted by Gasteiger charge is -2.15. The van der Waals surface area contributed by atoms with Crippen LogP contribution in [0.3, 0.4) is 0 Å². The predicted octanol–water partition coefficient (Wildman–Crippen LogP) is 3.92. The van der Waals surface area contributed by atoms with Crippen LogP contribution >= 0.6 is 12.2 Å². The van der Waals surface area contributed by atoms with Crippen molar-refractivity contribution in [2.24, 2.45) is 11.7 Å². The molecule has 1 aromatic carbocycles. The summed E-state index contributed by atoms with van der Waals surface area (Å²) in [7, 11) is 0. The molecule has 0 radical (unpaired) electrons. The predicted molar refractivity (Wildman–Crippen MR) is 81.1 cm³/mol. The Morgan fingerprint density at radius 3 is 2.44 bits per heavy atom. The van der Waals surface area contributed by atoms with E-state index in [2.05, 4.69) is 13.8 Å². The highest BCUT2D eigenvalue weighted by Gasteiger charge is 2.07. The minimum Gasteiger partial charge on any atom is -0.493 e. The van der Waals surface area contributed by atoms with E-state index in [1.54, 1.807) is 0 Å². The van der Waals surface area contributed by atoms with Crippen LogP contribution in [0.15, 0.2) is 24.3 Å². The summed E-state index contributed by atoms with van der Waals surface area (Å²) in [5.74, 6) is 1.55. The molecule has 100 valence electrons. The topological polar surface area (TPSA) is 35.2 Å². The van der Waals surface area contributed by atoms with Gasteiger partial charge in [0.05, 0.1) is 6.61 Å². The zero-order valence-corrected chi connectivity index (χ0v) is 12.1. The number of unbranched alkanes of at least 4 members (excludes halogenated alkanes) is 1. The van der Waals surface area contributed by atoms with Gasteiger partial charge in [-0.3, -0.25) is 0 Å². The summed E-state index contributed by atoms with van der Waals surface area (Å²) in [6.07, 6.45) is 4.95. The van der Waals surface area contributed by atoms with Crippen LogP contribution in [0.4, 0.5) is 0 Å². The second-order valence-electron chi connectivity index (χ2n) is 4.62. The van der Waals surface area contributed by atoms with E-state index in [4.69, 9.17) is 22.7 Å². The first-order chi connectivity index (χ1) is 8.67. The summed E-state index contributed by atoms with van der Waals surface area (Å²) in [5, 5.41) is 0. The van der Waals surface area contributed by atoms with Crippen LogP contribution in [-0.4, -0.2) is 11.6 Å². The zero-order valence-electron chi connectivity index (χ0n) is 11.3. The third kappa shape index (κ3) is 5.05. The van der Waals surface area contributed by atoms with Crippen molar-refractivity contribution in [3.8, 4) is 5.75 Å². The zero-order chi connectivity index (χ0) is 13.4. The Bertz CT molecular complexity index is 361.